The van der Waals surface area contributed by atoms with E-state index in [0.29, 0.717) is 22.3 Å². The zero-order chi connectivity index (χ0) is 22.0. The summed E-state index contributed by atoms with van der Waals surface area (Å²) in [6, 6.07) is 12.4. The normalized spacial score (nSPS) is 15.7. The fraction of sp³-hybridized carbons (Fsp3) is 0.273. The number of halogens is 1. The number of amides is 3. The Morgan fingerprint density at radius 1 is 1.06 bits per heavy atom. The standard InChI is InChI=1S/C22H22ClN5O2S/c1-13-8-9-17(11-14(13)2)25-22(30)28-10-4-7-18(28)20-26-27-21(31-20)19(29)24-16-6-3-5-15(23)12-16/h3,5-6,8-9,11-12,18H,4,7,10H2,1-2H3,(H,24,29)(H,25,30)/t18-/m0/s1. The van der Waals surface area contributed by atoms with E-state index in [1.807, 2.05) is 32.0 Å². The average molecular weight is 456 g/mol. The highest BCUT2D eigenvalue weighted by Crippen LogP contribution is 2.34. The summed E-state index contributed by atoms with van der Waals surface area (Å²) < 4.78 is 0. The average Bonchev–Trinajstić information content (AvgIpc) is 3.40. The predicted molar refractivity (Wildman–Crippen MR) is 123 cm³/mol. The van der Waals surface area contributed by atoms with Crippen molar-refractivity contribution in [3.63, 3.8) is 0 Å². The third-order valence-corrected chi connectivity index (χ3v) is 6.53. The molecule has 3 amide bonds. The lowest BCUT2D eigenvalue weighted by atomic mass is 10.1. The van der Waals surface area contributed by atoms with Crippen LogP contribution >= 0.6 is 22.9 Å². The van der Waals surface area contributed by atoms with Crippen LogP contribution in [0.25, 0.3) is 0 Å². The minimum Gasteiger partial charge on any atom is -0.320 e. The molecule has 1 aliphatic rings. The third-order valence-electron chi connectivity index (χ3n) is 5.27. The first-order valence-corrected chi connectivity index (χ1v) is 11.2. The predicted octanol–water partition coefficient (Wildman–Crippen LogP) is 5.43. The highest BCUT2D eigenvalue weighted by molar-refractivity contribution is 7.13. The van der Waals surface area contributed by atoms with Gasteiger partial charge in [0.1, 0.15) is 5.01 Å². The Hall–Kier alpha value is -2.97. The number of aryl methyl sites for hydroxylation is 2. The molecule has 0 spiro atoms. The van der Waals surface area contributed by atoms with E-state index in [1.54, 1.807) is 29.2 Å². The molecule has 3 aromatic rings. The molecule has 1 fully saturated rings. The molecule has 31 heavy (non-hydrogen) atoms. The van der Waals surface area contributed by atoms with Crippen molar-refractivity contribution in [3.05, 3.63) is 68.6 Å². The molecule has 0 saturated carbocycles. The van der Waals surface area contributed by atoms with Crippen molar-refractivity contribution in [2.45, 2.75) is 32.7 Å². The summed E-state index contributed by atoms with van der Waals surface area (Å²) in [4.78, 5) is 27.2. The van der Waals surface area contributed by atoms with Crippen molar-refractivity contribution in [1.82, 2.24) is 15.1 Å². The Kier molecular flexibility index (Phi) is 6.20. The van der Waals surface area contributed by atoms with Gasteiger partial charge in [0.2, 0.25) is 5.01 Å². The lowest BCUT2D eigenvalue weighted by Crippen LogP contribution is -2.34. The van der Waals surface area contributed by atoms with Crippen LogP contribution in [0.4, 0.5) is 16.2 Å². The molecular weight excluding hydrogens is 434 g/mol. The number of nitrogens with one attached hydrogen (secondary N) is 2. The monoisotopic (exact) mass is 455 g/mol. The number of carbonyl (C=O) groups is 2. The molecule has 2 heterocycles. The molecular formula is C22H22ClN5O2S. The topological polar surface area (TPSA) is 87.2 Å². The molecule has 1 aromatic heterocycles. The molecule has 0 aliphatic carbocycles. The zero-order valence-electron chi connectivity index (χ0n) is 17.2. The summed E-state index contributed by atoms with van der Waals surface area (Å²) >= 11 is 7.17. The largest absolute Gasteiger partial charge is 0.322 e. The van der Waals surface area contributed by atoms with E-state index < -0.39 is 0 Å². The molecule has 9 heteroatoms. The van der Waals surface area contributed by atoms with Crippen LogP contribution in [-0.4, -0.2) is 33.6 Å². The third kappa shape index (κ3) is 4.86. The molecule has 0 radical (unpaired) electrons. The molecule has 2 N–H and O–H groups in total. The van der Waals surface area contributed by atoms with Crippen LogP contribution in [0.5, 0.6) is 0 Å². The van der Waals surface area contributed by atoms with E-state index in [0.717, 1.165) is 24.1 Å². The summed E-state index contributed by atoms with van der Waals surface area (Å²) in [5, 5.41) is 15.4. The van der Waals surface area contributed by atoms with Gasteiger partial charge in [0.15, 0.2) is 0 Å². The van der Waals surface area contributed by atoms with Gasteiger partial charge < -0.3 is 15.5 Å². The van der Waals surface area contributed by atoms with E-state index in [2.05, 4.69) is 20.8 Å². The number of aromatic nitrogens is 2. The Labute approximate surface area is 189 Å². The number of rotatable bonds is 4. The lowest BCUT2D eigenvalue weighted by molar-refractivity contribution is 0.102. The SMILES string of the molecule is Cc1ccc(NC(=O)N2CCC[C@H]2c2nnc(C(=O)Nc3cccc(Cl)c3)s2)cc1C. The van der Waals surface area contributed by atoms with Gasteiger partial charge in [-0.05, 0) is 68.1 Å². The van der Waals surface area contributed by atoms with Gasteiger partial charge in [-0.2, -0.15) is 0 Å². The molecule has 4 rings (SSSR count). The first-order valence-electron chi connectivity index (χ1n) is 9.96. The minimum absolute atomic E-state index is 0.175. The molecule has 0 bridgehead atoms. The number of hydrogen-bond donors (Lipinski definition) is 2. The van der Waals surface area contributed by atoms with Crippen molar-refractivity contribution in [2.75, 3.05) is 17.2 Å². The van der Waals surface area contributed by atoms with E-state index in [1.165, 1.54) is 16.9 Å². The van der Waals surface area contributed by atoms with Gasteiger partial charge in [-0.25, -0.2) is 4.79 Å². The molecule has 1 saturated heterocycles. The van der Waals surface area contributed by atoms with Crippen molar-refractivity contribution in [2.24, 2.45) is 0 Å². The van der Waals surface area contributed by atoms with E-state index in [9.17, 15) is 9.59 Å². The number of hydrogen-bond acceptors (Lipinski definition) is 5. The maximum Gasteiger partial charge on any atom is 0.322 e. The van der Waals surface area contributed by atoms with Crippen molar-refractivity contribution in [3.8, 4) is 0 Å². The van der Waals surface area contributed by atoms with Crippen LogP contribution in [0.3, 0.4) is 0 Å². The summed E-state index contributed by atoms with van der Waals surface area (Å²) in [7, 11) is 0. The number of likely N-dealkylation sites (tertiary alicyclic amines) is 1. The number of benzene rings is 2. The van der Waals surface area contributed by atoms with E-state index in [4.69, 9.17) is 11.6 Å². The van der Waals surface area contributed by atoms with Gasteiger partial charge in [0, 0.05) is 22.9 Å². The second kappa shape index (κ2) is 9.03. The van der Waals surface area contributed by atoms with Crippen molar-refractivity contribution >= 4 is 46.3 Å². The van der Waals surface area contributed by atoms with Crippen LogP contribution in [0.1, 0.15) is 44.8 Å². The van der Waals surface area contributed by atoms with Crippen molar-refractivity contribution in [1.29, 1.82) is 0 Å². The first-order chi connectivity index (χ1) is 14.9. The molecule has 160 valence electrons. The maximum absolute atomic E-state index is 12.9. The van der Waals surface area contributed by atoms with Gasteiger partial charge in [0.25, 0.3) is 5.91 Å². The summed E-state index contributed by atoms with van der Waals surface area (Å²) in [6.07, 6.45) is 1.65. The highest BCUT2D eigenvalue weighted by atomic mass is 35.5. The van der Waals surface area contributed by atoms with Crippen molar-refractivity contribution < 1.29 is 9.59 Å². The molecule has 1 atom stereocenters. The quantitative estimate of drug-likeness (QED) is 0.549. The number of anilines is 2. The maximum atomic E-state index is 12.9. The zero-order valence-corrected chi connectivity index (χ0v) is 18.8. The minimum atomic E-state index is -0.352. The lowest BCUT2D eigenvalue weighted by Gasteiger charge is -2.23. The Morgan fingerprint density at radius 3 is 2.65 bits per heavy atom. The second-order valence-corrected chi connectivity index (χ2v) is 8.94. The Morgan fingerprint density at radius 2 is 1.87 bits per heavy atom. The highest BCUT2D eigenvalue weighted by Gasteiger charge is 2.33. The summed E-state index contributed by atoms with van der Waals surface area (Å²) in [5.74, 6) is -0.352. The Balaban J connectivity index is 1.45. The molecule has 7 nitrogen and oxygen atoms in total. The van der Waals surface area contributed by atoms with Crippen LogP contribution in [0.2, 0.25) is 5.02 Å². The van der Waals surface area contributed by atoms with E-state index >= 15 is 0 Å². The van der Waals surface area contributed by atoms with E-state index in [-0.39, 0.29) is 23.0 Å². The molecule has 0 unspecified atom stereocenters. The van der Waals surface area contributed by atoms with Crippen LogP contribution in [0, 0.1) is 13.8 Å². The second-order valence-electron chi connectivity index (χ2n) is 7.49. The van der Waals surface area contributed by atoms with Gasteiger partial charge in [-0.1, -0.05) is 35.1 Å². The summed E-state index contributed by atoms with van der Waals surface area (Å²) in [6.45, 7) is 4.68. The fourth-order valence-corrected chi connectivity index (χ4v) is 4.57. The Bertz CT molecular complexity index is 1130. The first kappa shape index (κ1) is 21.3. The molecule has 2 aromatic carbocycles. The van der Waals surface area contributed by atoms with Crippen LogP contribution in [-0.2, 0) is 0 Å². The van der Waals surface area contributed by atoms with Gasteiger partial charge >= 0.3 is 6.03 Å². The van der Waals surface area contributed by atoms with Gasteiger partial charge in [-0.15, -0.1) is 10.2 Å². The number of carbonyl (C=O) groups excluding carboxylic acids is 2. The molecule has 1 aliphatic heterocycles. The van der Waals surface area contributed by atoms with Gasteiger partial charge in [0.05, 0.1) is 6.04 Å². The smallest absolute Gasteiger partial charge is 0.320 e. The van der Waals surface area contributed by atoms with Gasteiger partial charge in [-0.3, -0.25) is 4.79 Å². The summed E-state index contributed by atoms with van der Waals surface area (Å²) in [5.41, 5.74) is 3.65. The van der Waals surface area contributed by atoms with Crippen LogP contribution < -0.4 is 10.6 Å². The number of urea groups is 1. The number of nitrogens with zero attached hydrogens (tertiary/aromatic N) is 3. The van der Waals surface area contributed by atoms with Crippen LogP contribution in [0.15, 0.2) is 42.5 Å². The fourth-order valence-electron chi connectivity index (χ4n) is 3.49.